The van der Waals surface area contributed by atoms with Crippen molar-refractivity contribution in [2.45, 2.75) is 32.4 Å². The van der Waals surface area contributed by atoms with E-state index in [9.17, 15) is 9.90 Å². The standard InChI is InChI=1S/C12H20N4O2/c1-9-11(7-14-16(9)5-2-4-13)12(18)15-6-3-10(17)8-15/h7,10,17H,2-6,8,13H2,1H3/t10-/m1/s1. The van der Waals surface area contributed by atoms with Crippen LogP contribution < -0.4 is 5.73 Å². The average Bonchev–Trinajstić information content (AvgIpc) is 2.93. The molecular formula is C12H20N4O2. The first kappa shape index (κ1) is 13.0. The third-order valence-electron chi connectivity index (χ3n) is 3.36. The highest BCUT2D eigenvalue weighted by molar-refractivity contribution is 5.95. The fraction of sp³-hybridized carbons (Fsp3) is 0.667. The second-order valence-corrected chi connectivity index (χ2v) is 4.70. The van der Waals surface area contributed by atoms with E-state index in [-0.39, 0.29) is 12.0 Å². The lowest BCUT2D eigenvalue weighted by molar-refractivity contribution is 0.0764. The van der Waals surface area contributed by atoms with Gasteiger partial charge in [0.15, 0.2) is 0 Å². The van der Waals surface area contributed by atoms with Crippen LogP contribution in [0, 0.1) is 6.92 Å². The maximum absolute atomic E-state index is 12.2. The van der Waals surface area contributed by atoms with E-state index >= 15 is 0 Å². The van der Waals surface area contributed by atoms with Crippen molar-refractivity contribution < 1.29 is 9.90 Å². The normalized spacial score (nSPS) is 19.5. The summed E-state index contributed by atoms with van der Waals surface area (Å²) < 4.78 is 1.81. The number of likely N-dealkylation sites (tertiary alicyclic amines) is 1. The molecule has 0 saturated carbocycles. The molecule has 0 spiro atoms. The highest BCUT2D eigenvalue weighted by Gasteiger charge is 2.27. The fourth-order valence-electron chi connectivity index (χ4n) is 2.22. The Balaban J connectivity index is 2.08. The summed E-state index contributed by atoms with van der Waals surface area (Å²) in [5.74, 6) is -0.0388. The van der Waals surface area contributed by atoms with E-state index in [1.54, 1.807) is 11.1 Å². The molecule has 1 aliphatic rings. The third kappa shape index (κ3) is 2.54. The number of carbonyl (C=O) groups excluding carboxylic acids is 1. The van der Waals surface area contributed by atoms with Crippen LogP contribution in [0.3, 0.4) is 0 Å². The van der Waals surface area contributed by atoms with Gasteiger partial charge in [-0.2, -0.15) is 5.10 Å². The van der Waals surface area contributed by atoms with Gasteiger partial charge in [0, 0.05) is 25.3 Å². The minimum Gasteiger partial charge on any atom is -0.391 e. The van der Waals surface area contributed by atoms with Gasteiger partial charge in [0.05, 0.1) is 17.9 Å². The molecule has 3 N–H and O–H groups in total. The molecule has 1 aliphatic heterocycles. The summed E-state index contributed by atoms with van der Waals surface area (Å²) >= 11 is 0. The van der Waals surface area contributed by atoms with Gasteiger partial charge in [-0.3, -0.25) is 9.48 Å². The van der Waals surface area contributed by atoms with Gasteiger partial charge in [0.25, 0.3) is 5.91 Å². The van der Waals surface area contributed by atoms with Crippen molar-refractivity contribution >= 4 is 5.91 Å². The summed E-state index contributed by atoms with van der Waals surface area (Å²) in [6.45, 7) is 4.28. The lowest BCUT2D eigenvalue weighted by atomic mass is 10.2. The third-order valence-corrected chi connectivity index (χ3v) is 3.36. The van der Waals surface area contributed by atoms with Crippen LogP contribution in [0.25, 0.3) is 0 Å². The summed E-state index contributed by atoms with van der Waals surface area (Å²) in [5.41, 5.74) is 6.96. The first-order valence-corrected chi connectivity index (χ1v) is 6.33. The SMILES string of the molecule is Cc1c(C(=O)N2CC[C@@H](O)C2)cnn1CCCN. The monoisotopic (exact) mass is 252 g/mol. The van der Waals surface area contributed by atoms with Crippen LogP contribution in [-0.2, 0) is 6.54 Å². The molecule has 1 fully saturated rings. The molecule has 0 radical (unpaired) electrons. The number of nitrogens with two attached hydrogens (primary N) is 1. The van der Waals surface area contributed by atoms with E-state index in [1.165, 1.54) is 0 Å². The minimum absolute atomic E-state index is 0.0388. The maximum Gasteiger partial charge on any atom is 0.257 e. The molecule has 1 aromatic rings. The Kier molecular flexibility index (Phi) is 3.98. The molecule has 100 valence electrons. The molecule has 1 atom stereocenters. The number of hydrogen-bond acceptors (Lipinski definition) is 4. The number of aromatic nitrogens is 2. The highest BCUT2D eigenvalue weighted by Crippen LogP contribution is 2.16. The maximum atomic E-state index is 12.2. The summed E-state index contributed by atoms with van der Waals surface area (Å²) in [6.07, 6.45) is 2.73. The van der Waals surface area contributed by atoms with Gasteiger partial charge in [-0.15, -0.1) is 0 Å². The molecule has 1 amide bonds. The molecule has 0 aliphatic carbocycles. The van der Waals surface area contributed by atoms with Crippen LogP contribution in [0.2, 0.25) is 0 Å². The van der Waals surface area contributed by atoms with Crippen molar-refractivity contribution in [2.75, 3.05) is 19.6 Å². The van der Waals surface area contributed by atoms with E-state index in [1.807, 2.05) is 11.6 Å². The number of aliphatic hydroxyl groups excluding tert-OH is 1. The van der Waals surface area contributed by atoms with Gasteiger partial charge in [-0.05, 0) is 26.3 Å². The molecule has 2 heterocycles. The summed E-state index contributed by atoms with van der Waals surface area (Å²) in [7, 11) is 0. The van der Waals surface area contributed by atoms with Crippen LogP contribution in [0.4, 0.5) is 0 Å². The molecule has 1 aromatic heterocycles. The van der Waals surface area contributed by atoms with Crippen LogP contribution in [0.5, 0.6) is 0 Å². The Hall–Kier alpha value is -1.40. The molecule has 1 saturated heterocycles. The zero-order valence-corrected chi connectivity index (χ0v) is 10.7. The minimum atomic E-state index is -0.387. The first-order chi connectivity index (χ1) is 8.63. The number of aryl methyl sites for hydroxylation is 1. The molecule has 6 heteroatoms. The van der Waals surface area contributed by atoms with Crippen molar-refractivity contribution in [3.05, 3.63) is 17.5 Å². The Morgan fingerprint density at radius 2 is 2.44 bits per heavy atom. The van der Waals surface area contributed by atoms with E-state index in [0.29, 0.717) is 31.6 Å². The average molecular weight is 252 g/mol. The summed E-state index contributed by atoms with van der Waals surface area (Å²) in [4.78, 5) is 13.9. The van der Waals surface area contributed by atoms with Crippen molar-refractivity contribution in [1.29, 1.82) is 0 Å². The van der Waals surface area contributed by atoms with Crippen LogP contribution in [0.1, 0.15) is 28.9 Å². The van der Waals surface area contributed by atoms with Gasteiger partial charge >= 0.3 is 0 Å². The summed E-state index contributed by atoms with van der Waals surface area (Å²) in [5, 5.41) is 13.7. The molecule has 0 bridgehead atoms. The van der Waals surface area contributed by atoms with E-state index in [0.717, 1.165) is 18.7 Å². The number of nitrogens with zero attached hydrogens (tertiary/aromatic N) is 3. The smallest absolute Gasteiger partial charge is 0.257 e. The molecular weight excluding hydrogens is 232 g/mol. The number of hydrogen-bond donors (Lipinski definition) is 2. The zero-order valence-electron chi connectivity index (χ0n) is 10.7. The number of aliphatic hydroxyl groups is 1. The predicted octanol–water partition coefficient (Wildman–Crippen LogP) is -0.253. The Bertz CT molecular complexity index is 430. The summed E-state index contributed by atoms with van der Waals surface area (Å²) in [6, 6.07) is 0. The topological polar surface area (TPSA) is 84.4 Å². The van der Waals surface area contributed by atoms with Crippen LogP contribution in [-0.4, -0.2) is 51.4 Å². The highest BCUT2D eigenvalue weighted by atomic mass is 16.3. The van der Waals surface area contributed by atoms with E-state index in [4.69, 9.17) is 5.73 Å². The van der Waals surface area contributed by atoms with Crippen molar-refractivity contribution in [1.82, 2.24) is 14.7 Å². The lowest BCUT2D eigenvalue weighted by Gasteiger charge is -2.15. The van der Waals surface area contributed by atoms with Crippen LogP contribution >= 0.6 is 0 Å². The Morgan fingerprint density at radius 3 is 3.06 bits per heavy atom. The van der Waals surface area contributed by atoms with E-state index < -0.39 is 0 Å². The molecule has 0 unspecified atom stereocenters. The zero-order chi connectivity index (χ0) is 13.1. The number of β-amino-alcohol motifs (C(OH)–C–C–N with tert-alkyl or cyclic N) is 1. The van der Waals surface area contributed by atoms with Crippen LogP contribution in [0.15, 0.2) is 6.20 Å². The van der Waals surface area contributed by atoms with Crippen molar-refractivity contribution in [3.63, 3.8) is 0 Å². The Morgan fingerprint density at radius 1 is 1.67 bits per heavy atom. The number of amides is 1. The number of rotatable bonds is 4. The van der Waals surface area contributed by atoms with Gasteiger partial charge in [0.1, 0.15) is 0 Å². The quantitative estimate of drug-likeness (QED) is 0.773. The Labute approximate surface area is 106 Å². The molecule has 18 heavy (non-hydrogen) atoms. The molecule has 2 rings (SSSR count). The van der Waals surface area contributed by atoms with Gasteiger partial charge < -0.3 is 15.7 Å². The predicted molar refractivity (Wildman–Crippen MR) is 67.2 cm³/mol. The van der Waals surface area contributed by atoms with Crippen molar-refractivity contribution in [2.24, 2.45) is 5.73 Å². The van der Waals surface area contributed by atoms with Gasteiger partial charge in [-0.1, -0.05) is 0 Å². The second-order valence-electron chi connectivity index (χ2n) is 4.70. The van der Waals surface area contributed by atoms with Crippen molar-refractivity contribution in [3.8, 4) is 0 Å². The largest absolute Gasteiger partial charge is 0.391 e. The fourth-order valence-corrected chi connectivity index (χ4v) is 2.22. The second kappa shape index (κ2) is 5.49. The molecule has 0 aromatic carbocycles. The molecule has 6 nitrogen and oxygen atoms in total. The first-order valence-electron chi connectivity index (χ1n) is 6.33. The lowest BCUT2D eigenvalue weighted by Crippen LogP contribution is -2.29. The van der Waals surface area contributed by atoms with Gasteiger partial charge in [-0.25, -0.2) is 0 Å². The van der Waals surface area contributed by atoms with Gasteiger partial charge in [0.2, 0.25) is 0 Å². The van der Waals surface area contributed by atoms with E-state index in [2.05, 4.69) is 5.10 Å². The number of carbonyl (C=O) groups is 1.